The molecule has 0 unspecified atom stereocenters. The van der Waals surface area contributed by atoms with E-state index in [9.17, 15) is 4.79 Å². The first-order valence-electron chi connectivity index (χ1n) is 10.0. The summed E-state index contributed by atoms with van der Waals surface area (Å²) in [4.78, 5) is 17.8. The van der Waals surface area contributed by atoms with Gasteiger partial charge in [0.05, 0.1) is 6.67 Å². The van der Waals surface area contributed by atoms with Crippen LogP contribution in [-0.2, 0) is 13.1 Å². The molecule has 1 aliphatic rings. The fourth-order valence-corrected chi connectivity index (χ4v) is 3.73. The lowest BCUT2D eigenvalue weighted by Crippen LogP contribution is -2.41. The van der Waals surface area contributed by atoms with Crippen molar-refractivity contribution < 1.29 is 4.79 Å². The van der Waals surface area contributed by atoms with Gasteiger partial charge in [-0.25, -0.2) is 0 Å². The van der Waals surface area contributed by atoms with E-state index in [2.05, 4.69) is 64.5 Å². The van der Waals surface area contributed by atoms with E-state index in [1.165, 1.54) is 11.1 Å². The molecule has 3 nitrogen and oxygen atoms in total. The van der Waals surface area contributed by atoms with Crippen LogP contribution in [0.4, 0.5) is 0 Å². The summed E-state index contributed by atoms with van der Waals surface area (Å²) in [6.45, 7) is 5.11. The van der Waals surface area contributed by atoms with Gasteiger partial charge in [0.2, 0.25) is 0 Å². The van der Waals surface area contributed by atoms with Gasteiger partial charge in [0.15, 0.2) is 5.78 Å². The van der Waals surface area contributed by atoms with E-state index in [0.717, 1.165) is 36.5 Å². The fraction of sp³-hybridized carbons (Fsp3) is 0.192. The van der Waals surface area contributed by atoms with Crippen LogP contribution in [0.15, 0.2) is 96.7 Å². The summed E-state index contributed by atoms with van der Waals surface area (Å²) < 4.78 is 0. The smallest absolute Gasteiger partial charge is 0.191 e. The molecule has 0 bridgehead atoms. The summed E-state index contributed by atoms with van der Waals surface area (Å²) in [5, 5.41) is 0. The molecule has 146 valence electrons. The van der Waals surface area contributed by atoms with Crippen LogP contribution in [0.5, 0.6) is 0 Å². The third-order valence-corrected chi connectivity index (χ3v) is 5.20. The molecule has 0 spiro atoms. The Morgan fingerprint density at radius 2 is 1.38 bits per heavy atom. The molecule has 0 saturated heterocycles. The Bertz CT molecular complexity index is 978. The SMILES string of the molecule is Cc1ccc(C(=O)C2=CN(Cc3ccccc3)CN(Cc3ccccc3)C2)cc1. The van der Waals surface area contributed by atoms with Gasteiger partial charge >= 0.3 is 0 Å². The zero-order valence-electron chi connectivity index (χ0n) is 16.8. The molecule has 1 aliphatic heterocycles. The average Bonchev–Trinajstić information content (AvgIpc) is 2.75. The second-order valence-corrected chi connectivity index (χ2v) is 7.70. The summed E-state index contributed by atoms with van der Waals surface area (Å²) in [5.41, 5.74) is 5.26. The number of benzene rings is 3. The summed E-state index contributed by atoms with van der Waals surface area (Å²) >= 11 is 0. The van der Waals surface area contributed by atoms with Crippen molar-refractivity contribution in [1.82, 2.24) is 9.80 Å². The van der Waals surface area contributed by atoms with Gasteiger partial charge in [-0.1, -0.05) is 90.5 Å². The monoisotopic (exact) mass is 382 g/mol. The summed E-state index contributed by atoms with van der Waals surface area (Å²) in [7, 11) is 0. The zero-order valence-corrected chi connectivity index (χ0v) is 16.8. The Balaban J connectivity index is 1.58. The largest absolute Gasteiger partial charge is 0.360 e. The van der Waals surface area contributed by atoms with Crippen molar-refractivity contribution in [3.63, 3.8) is 0 Å². The maximum Gasteiger partial charge on any atom is 0.191 e. The Morgan fingerprint density at radius 1 is 0.793 bits per heavy atom. The molecular weight excluding hydrogens is 356 g/mol. The van der Waals surface area contributed by atoms with Gasteiger partial charge < -0.3 is 4.90 Å². The van der Waals surface area contributed by atoms with E-state index in [1.807, 2.05) is 43.3 Å². The van der Waals surface area contributed by atoms with Crippen molar-refractivity contribution in [3.05, 3.63) is 119 Å². The molecule has 3 aromatic rings. The highest BCUT2D eigenvalue weighted by molar-refractivity contribution is 6.09. The number of nitrogens with zero attached hydrogens (tertiary/aromatic N) is 2. The van der Waals surface area contributed by atoms with E-state index >= 15 is 0 Å². The quantitative estimate of drug-likeness (QED) is 0.558. The normalized spacial score (nSPS) is 14.5. The molecule has 0 saturated carbocycles. The van der Waals surface area contributed by atoms with Gasteiger partial charge in [-0.3, -0.25) is 9.69 Å². The Morgan fingerprint density at radius 3 is 2.00 bits per heavy atom. The molecule has 0 amide bonds. The van der Waals surface area contributed by atoms with Gasteiger partial charge in [-0.05, 0) is 18.1 Å². The Hall–Kier alpha value is -3.17. The molecule has 3 heteroatoms. The zero-order chi connectivity index (χ0) is 20.1. The van der Waals surface area contributed by atoms with Crippen LogP contribution in [0.3, 0.4) is 0 Å². The van der Waals surface area contributed by atoms with Gasteiger partial charge in [-0.2, -0.15) is 0 Å². The number of Topliss-reactive ketones (excluding diaryl/α,β-unsaturated/α-hetero) is 1. The minimum absolute atomic E-state index is 0.112. The van der Waals surface area contributed by atoms with Crippen LogP contribution in [0, 0.1) is 6.92 Å². The van der Waals surface area contributed by atoms with Crippen LogP contribution in [0.2, 0.25) is 0 Å². The van der Waals surface area contributed by atoms with Gasteiger partial charge in [0.25, 0.3) is 0 Å². The van der Waals surface area contributed by atoms with Gasteiger partial charge in [-0.15, -0.1) is 0 Å². The molecule has 29 heavy (non-hydrogen) atoms. The molecule has 1 heterocycles. The topological polar surface area (TPSA) is 23.6 Å². The first kappa shape index (κ1) is 19.2. The molecule has 4 rings (SSSR count). The third-order valence-electron chi connectivity index (χ3n) is 5.20. The maximum absolute atomic E-state index is 13.2. The van der Waals surface area contributed by atoms with Crippen LogP contribution < -0.4 is 0 Å². The van der Waals surface area contributed by atoms with Crippen molar-refractivity contribution >= 4 is 5.78 Å². The van der Waals surface area contributed by atoms with Gasteiger partial charge in [0, 0.05) is 37.0 Å². The number of ketones is 1. The number of hydrogen-bond donors (Lipinski definition) is 0. The van der Waals surface area contributed by atoms with Crippen LogP contribution >= 0.6 is 0 Å². The Kier molecular flexibility index (Phi) is 5.87. The second-order valence-electron chi connectivity index (χ2n) is 7.70. The number of aryl methyl sites for hydroxylation is 1. The van der Waals surface area contributed by atoms with Crippen molar-refractivity contribution in [3.8, 4) is 0 Å². The minimum atomic E-state index is 0.112. The van der Waals surface area contributed by atoms with E-state index in [4.69, 9.17) is 0 Å². The first-order valence-corrected chi connectivity index (χ1v) is 10.0. The number of hydrogen-bond acceptors (Lipinski definition) is 3. The summed E-state index contributed by atoms with van der Waals surface area (Å²) in [6.07, 6.45) is 2.05. The maximum atomic E-state index is 13.2. The van der Waals surface area contributed by atoms with Crippen LogP contribution in [0.1, 0.15) is 27.0 Å². The van der Waals surface area contributed by atoms with E-state index in [-0.39, 0.29) is 5.78 Å². The lowest BCUT2D eigenvalue weighted by Gasteiger charge is -2.35. The van der Waals surface area contributed by atoms with E-state index in [0.29, 0.717) is 6.54 Å². The van der Waals surface area contributed by atoms with Crippen LogP contribution in [-0.4, -0.2) is 28.8 Å². The average molecular weight is 383 g/mol. The molecule has 3 aromatic carbocycles. The number of carbonyl (C=O) groups excluding carboxylic acids is 1. The molecule has 0 atom stereocenters. The first-order chi connectivity index (χ1) is 14.2. The molecule has 0 fully saturated rings. The Labute approximate surface area is 172 Å². The minimum Gasteiger partial charge on any atom is -0.360 e. The molecular formula is C26H26N2O. The molecule has 0 aliphatic carbocycles. The summed E-state index contributed by atoms with van der Waals surface area (Å²) in [5.74, 6) is 0.112. The lowest BCUT2D eigenvalue weighted by molar-refractivity contribution is 0.0974. The second kappa shape index (κ2) is 8.89. The summed E-state index contributed by atoms with van der Waals surface area (Å²) in [6, 6.07) is 28.7. The molecule has 0 N–H and O–H groups in total. The third kappa shape index (κ3) is 5.01. The standard InChI is InChI=1S/C26H26N2O/c1-21-12-14-24(15-13-21)26(29)25-18-27(16-22-8-4-2-5-9-22)20-28(19-25)17-23-10-6-3-7-11-23/h2-15,18H,16-17,19-20H2,1H3. The van der Waals surface area contributed by atoms with Crippen molar-refractivity contribution in [2.24, 2.45) is 0 Å². The van der Waals surface area contributed by atoms with Crippen molar-refractivity contribution in [1.29, 1.82) is 0 Å². The van der Waals surface area contributed by atoms with Crippen molar-refractivity contribution in [2.75, 3.05) is 13.2 Å². The highest BCUT2D eigenvalue weighted by Crippen LogP contribution is 2.20. The highest BCUT2D eigenvalue weighted by Gasteiger charge is 2.23. The number of rotatable bonds is 6. The highest BCUT2D eigenvalue weighted by atomic mass is 16.1. The van der Waals surface area contributed by atoms with Crippen LogP contribution in [0.25, 0.3) is 0 Å². The van der Waals surface area contributed by atoms with Crippen molar-refractivity contribution in [2.45, 2.75) is 20.0 Å². The van der Waals surface area contributed by atoms with E-state index in [1.54, 1.807) is 0 Å². The fourth-order valence-electron chi connectivity index (χ4n) is 3.73. The predicted octanol–water partition coefficient (Wildman–Crippen LogP) is 5.04. The molecule has 0 aromatic heterocycles. The lowest BCUT2D eigenvalue weighted by atomic mass is 10.0. The molecule has 0 radical (unpaired) electrons. The van der Waals surface area contributed by atoms with E-state index < -0.39 is 0 Å². The van der Waals surface area contributed by atoms with Gasteiger partial charge in [0.1, 0.15) is 0 Å². The number of carbonyl (C=O) groups is 1. The predicted molar refractivity (Wildman–Crippen MR) is 117 cm³/mol.